The molecule has 1 fully saturated rings. The molecular formula is C8H18N2O3. The number of hydrogen-bond acceptors (Lipinski definition) is 5. The lowest BCUT2D eigenvalue weighted by molar-refractivity contribution is -0.246. The van der Waals surface area contributed by atoms with E-state index in [2.05, 4.69) is 0 Å². The summed E-state index contributed by atoms with van der Waals surface area (Å²) in [6.07, 6.45) is -1.56. The average molecular weight is 190 g/mol. The molecule has 0 amide bonds. The van der Waals surface area contributed by atoms with E-state index in [0.717, 1.165) is 0 Å². The molecule has 5 N–H and O–H groups in total. The standard InChI is InChI=1S/C8H18N2O3/c1-4-5(3-9)13-8(12-2)7(11)6(4)10/h4-8,11H,3,9-10H2,1-2H3/t4-,5?,6?,7?,8+/m1/s1. The first kappa shape index (κ1) is 10.9. The van der Waals surface area contributed by atoms with Gasteiger partial charge in [0, 0.05) is 25.6 Å². The fourth-order valence-corrected chi connectivity index (χ4v) is 1.58. The Morgan fingerprint density at radius 2 is 2.15 bits per heavy atom. The number of rotatable bonds is 2. The largest absolute Gasteiger partial charge is 0.386 e. The van der Waals surface area contributed by atoms with Crippen molar-refractivity contribution in [1.29, 1.82) is 0 Å². The quantitative estimate of drug-likeness (QED) is 0.500. The molecule has 3 unspecified atom stereocenters. The molecule has 1 saturated heterocycles. The molecule has 1 rings (SSSR count). The van der Waals surface area contributed by atoms with Gasteiger partial charge in [-0.1, -0.05) is 6.92 Å². The summed E-state index contributed by atoms with van der Waals surface area (Å²) in [5.74, 6) is 0.0476. The molecule has 0 aromatic carbocycles. The third-order valence-electron chi connectivity index (χ3n) is 2.64. The molecule has 5 heteroatoms. The molecule has 1 aliphatic heterocycles. The lowest BCUT2D eigenvalue weighted by atomic mass is 9.89. The van der Waals surface area contributed by atoms with Crippen molar-refractivity contribution in [2.24, 2.45) is 17.4 Å². The van der Waals surface area contributed by atoms with Gasteiger partial charge in [0.1, 0.15) is 6.10 Å². The number of methoxy groups -OCH3 is 1. The highest BCUT2D eigenvalue weighted by atomic mass is 16.7. The Bertz CT molecular complexity index is 147. The van der Waals surface area contributed by atoms with Crippen LogP contribution in [-0.4, -0.2) is 43.3 Å². The zero-order chi connectivity index (χ0) is 10.0. The maximum Gasteiger partial charge on any atom is 0.185 e. The highest BCUT2D eigenvalue weighted by Gasteiger charge is 2.40. The van der Waals surface area contributed by atoms with Gasteiger partial charge in [-0.15, -0.1) is 0 Å². The van der Waals surface area contributed by atoms with E-state index in [4.69, 9.17) is 20.9 Å². The Balaban J connectivity index is 2.66. The lowest BCUT2D eigenvalue weighted by Gasteiger charge is -2.41. The molecule has 1 heterocycles. The molecule has 13 heavy (non-hydrogen) atoms. The minimum Gasteiger partial charge on any atom is -0.386 e. The van der Waals surface area contributed by atoms with Crippen LogP contribution in [0, 0.1) is 5.92 Å². The van der Waals surface area contributed by atoms with Gasteiger partial charge in [0.15, 0.2) is 6.29 Å². The topological polar surface area (TPSA) is 90.7 Å². The molecule has 0 spiro atoms. The smallest absolute Gasteiger partial charge is 0.185 e. The summed E-state index contributed by atoms with van der Waals surface area (Å²) in [5.41, 5.74) is 11.3. The van der Waals surface area contributed by atoms with Crippen molar-refractivity contribution in [2.45, 2.75) is 31.5 Å². The molecule has 0 aromatic heterocycles. The van der Waals surface area contributed by atoms with Gasteiger partial charge < -0.3 is 26.0 Å². The first-order chi connectivity index (χ1) is 6.11. The van der Waals surface area contributed by atoms with Crippen LogP contribution < -0.4 is 11.5 Å². The highest BCUT2D eigenvalue weighted by molar-refractivity contribution is 4.89. The number of ether oxygens (including phenoxy) is 2. The van der Waals surface area contributed by atoms with Crippen LogP contribution in [0.5, 0.6) is 0 Å². The Morgan fingerprint density at radius 1 is 1.54 bits per heavy atom. The fourth-order valence-electron chi connectivity index (χ4n) is 1.58. The highest BCUT2D eigenvalue weighted by Crippen LogP contribution is 2.24. The zero-order valence-electron chi connectivity index (χ0n) is 8.01. The van der Waals surface area contributed by atoms with Crippen LogP contribution in [0.3, 0.4) is 0 Å². The van der Waals surface area contributed by atoms with Crippen molar-refractivity contribution in [2.75, 3.05) is 13.7 Å². The summed E-state index contributed by atoms with van der Waals surface area (Å²) in [6.45, 7) is 2.30. The normalized spacial score (nSPS) is 46.4. The fraction of sp³-hybridized carbons (Fsp3) is 1.00. The Labute approximate surface area is 78.0 Å². The van der Waals surface area contributed by atoms with Crippen molar-refractivity contribution in [3.8, 4) is 0 Å². The van der Waals surface area contributed by atoms with E-state index in [9.17, 15) is 5.11 Å². The molecule has 5 nitrogen and oxygen atoms in total. The number of hydrogen-bond donors (Lipinski definition) is 3. The summed E-state index contributed by atoms with van der Waals surface area (Å²) in [6, 6.07) is -0.341. The zero-order valence-corrected chi connectivity index (χ0v) is 8.01. The maximum absolute atomic E-state index is 9.61. The van der Waals surface area contributed by atoms with Crippen molar-refractivity contribution in [3.05, 3.63) is 0 Å². The second kappa shape index (κ2) is 4.34. The van der Waals surface area contributed by atoms with E-state index in [1.165, 1.54) is 7.11 Å². The summed E-state index contributed by atoms with van der Waals surface area (Å²) >= 11 is 0. The second-order valence-corrected chi connectivity index (χ2v) is 3.44. The maximum atomic E-state index is 9.61. The monoisotopic (exact) mass is 190 g/mol. The van der Waals surface area contributed by atoms with Crippen LogP contribution in [-0.2, 0) is 9.47 Å². The molecule has 78 valence electrons. The van der Waals surface area contributed by atoms with E-state index >= 15 is 0 Å². The Morgan fingerprint density at radius 3 is 2.62 bits per heavy atom. The summed E-state index contributed by atoms with van der Waals surface area (Å²) in [4.78, 5) is 0. The number of aliphatic hydroxyl groups excluding tert-OH is 1. The minimum atomic E-state index is -0.775. The van der Waals surface area contributed by atoms with Crippen LogP contribution in [0.1, 0.15) is 6.92 Å². The van der Waals surface area contributed by atoms with E-state index in [1.54, 1.807) is 0 Å². The third-order valence-corrected chi connectivity index (χ3v) is 2.64. The molecule has 0 radical (unpaired) electrons. The molecule has 1 aliphatic rings. The van der Waals surface area contributed by atoms with Crippen molar-refractivity contribution in [3.63, 3.8) is 0 Å². The van der Waals surface area contributed by atoms with Gasteiger partial charge in [-0.05, 0) is 0 Å². The van der Waals surface area contributed by atoms with Gasteiger partial charge in [0.25, 0.3) is 0 Å². The molecule has 0 bridgehead atoms. The lowest BCUT2D eigenvalue weighted by Crippen LogP contribution is -2.59. The van der Waals surface area contributed by atoms with Gasteiger partial charge in [0.2, 0.25) is 0 Å². The van der Waals surface area contributed by atoms with Gasteiger partial charge in [0.05, 0.1) is 6.10 Å². The van der Waals surface area contributed by atoms with Crippen LogP contribution in [0.15, 0.2) is 0 Å². The molecule has 0 aliphatic carbocycles. The average Bonchev–Trinajstić information content (AvgIpc) is 2.15. The number of nitrogens with two attached hydrogens (primary N) is 2. The van der Waals surface area contributed by atoms with Gasteiger partial charge in [-0.25, -0.2) is 0 Å². The van der Waals surface area contributed by atoms with E-state index in [1.807, 2.05) is 6.92 Å². The second-order valence-electron chi connectivity index (χ2n) is 3.44. The summed E-state index contributed by atoms with van der Waals surface area (Å²) < 4.78 is 10.3. The van der Waals surface area contributed by atoms with Gasteiger partial charge >= 0.3 is 0 Å². The van der Waals surface area contributed by atoms with Crippen LogP contribution >= 0.6 is 0 Å². The molecule has 0 aromatic rings. The first-order valence-electron chi connectivity index (χ1n) is 4.43. The van der Waals surface area contributed by atoms with Crippen molar-refractivity contribution in [1.82, 2.24) is 0 Å². The number of aliphatic hydroxyl groups is 1. The summed E-state index contributed by atoms with van der Waals surface area (Å²) in [7, 11) is 1.48. The van der Waals surface area contributed by atoms with E-state index in [0.29, 0.717) is 6.54 Å². The minimum absolute atomic E-state index is 0.0476. The van der Waals surface area contributed by atoms with Crippen LogP contribution in [0.25, 0.3) is 0 Å². The van der Waals surface area contributed by atoms with Crippen LogP contribution in [0.4, 0.5) is 0 Å². The predicted molar refractivity (Wildman–Crippen MR) is 47.9 cm³/mol. The van der Waals surface area contributed by atoms with Crippen molar-refractivity contribution < 1.29 is 14.6 Å². The Kier molecular flexibility index (Phi) is 3.63. The van der Waals surface area contributed by atoms with Crippen molar-refractivity contribution >= 4 is 0 Å². The van der Waals surface area contributed by atoms with Gasteiger partial charge in [-0.2, -0.15) is 0 Å². The third kappa shape index (κ3) is 2.00. The Hall–Kier alpha value is -0.200. The van der Waals surface area contributed by atoms with E-state index in [-0.39, 0.29) is 18.1 Å². The van der Waals surface area contributed by atoms with E-state index < -0.39 is 12.4 Å². The van der Waals surface area contributed by atoms with Crippen LogP contribution in [0.2, 0.25) is 0 Å². The molecular weight excluding hydrogens is 172 g/mol. The molecule has 5 atom stereocenters. The predicted octanol–water partition coefficient (Wildman–Crippen LogP) is -1.36. The summed E-state index contributed by atoms with van der Waals surface area (Å²) in [5, 5.41) is 9.61. The SMILES string of the molecule is CO[C@H]1OC(CN)[C@@H](C)C(N)C1O. The first-order valence-corrected chi connectivity index (χ1v) is 4.43. The van der Waals surface area contributed by atoms with Gasteiger partial charge in [-0.3, -0.25) is 0 Å². The molecule has 0 saturated carbocycles.